The van der Waals surface area contributed by atoms with Crippen molar-refractivity contribution in [1.82, 2.24) is 4.98 Å². The van der Waals surface area contributed by atoms with Gasteiger partial charge in [-0.25, -0.2) is 0 Å². The van der Waals surface area contributed by atoms with E-state index in [2.05, 4.69) is 10.4 Å². The summed E-state index contributed by atoms with van der Waals surface area (Å²) in [6.45, 7) is 0. The third-order valence-corrected chi connectivity index (χ3v) is 1.80. The molecule has 0 unspecified atom stereocenters. The molecule has 3 N–H and O–H groups in total. The van der Waals surface area contributed by atoms with Gasteiger partial charge in [0, 0.05) is 11.6 Å². The van der Waals surface area contributed by atoms with E-state index in [9.17, 15) is 0 Å². The number of nitrogens with one attached hydrogen (secondary N) is 1. The van der Waals surface area contributed by atoms with Crippen LogP contribution in [0.1, 0.15) is 0 Å². The van der Waals surface area contributed by atoms with Gasteiger partial charge in [-0.2, -0.15) is 0 Å². The van der Waals surface area contributed by atoms with Gasteiger partial charge in [-0.3, -0.25) is 10.8 Å². The molecule has 0 saturated carbocycles. The van der Waals surface area contributed by atoms with Crippen molar-refractivity contribution in [2.45, 2.75) is 0 Å². The van der Waals surface area contributed by atoms with Crippen LogP contribution in [0, 0.1) is 0 Å². The molecule has 0 radical (unpaired) electrons. The van der Waals surface area contributed by atoms with Crippen LogP contribution in [-0.4, -0.2) is 4.98 Å². The second-order valence-corrected chi connectivity index (χ2v) is 2.52. The first-order valence-electron chi connectivity index (χ1n) is 3.72. The van der Waals surface area contributed by atoms with Crippen LogP contribution in [0.2, 0.25) is 0 Å². The number of anilines is 1. The number of hydrogen-bond acceptors (Lipinski definition) is 3. The van der Waals surface area contributed by atoms with Crippen LogP contribution in [0.4, 0.5) is 5.69 Å². The molecule has 0 spiro atoms. The quantitative estimate of drug-likeness (QED) is 0.490. The Morgan fingerprint density at radius 3 is 2.83 bits per heavy atom. The van der Waals surface area contributed by atoms with Crippen molar-refractivity contribution in [2.75, 3.05) is 5.43 Å². The van der Waals surface area contributed by atoms with Crippen molar-refractivity contribution >= 4 is 16.6 Å². The highest BCUT2D eigenvalue weighted by Crippen LogP contribution is 2.19. The zero-order chi connectivity index (χ0) is 8.39. The Kier molecular flexibility index (Phi) is 1.64. The highest BCUT2D eigenvalue weighted by atomic mass is 15.2. The molecule has 0 aliphatic carbocycles. The summed E-state index contributed by atoms with van der Waals surface area (Å²) in [5.74, 6) is 5.34. The van der Waals surface area contributed by atoms with E-state index in [1.807, 2.05) is 30.3 Å². The number of hydrazine groups is 1. The first-order chi connectivity index (χ1) is 5.92. The average molecular weight is 159 g/mol. The molecule has 1 aromatic heterocycles. The number of nitrogens with two attached hydrogens (primary N) is 1. The Balaban J connectivity index is 2.79. The van der Waals surface area contributed by atoms with Gasteiger partial charge in [-0.15, -0.1) is 0 Å². The van der Waals surface area contributed by atoms with E-state index in [1.165, 1.54) is 0 Å². The van der Waals surface area contributed by atoms with Gasteiger partial charge in [-0.05, 0) is 12.1 Å². The summed E-state index contributed by atoms with van der Waals surface area (Å²) in [7, 11) is 0. The molecule has 1 heterocycles. The Morgan fingerprint density at radius 2 is 2.00 bits per heavy atom. The van der Waals surface area contributed by atoms with E-state index in [0.29, 0.717) is 0 Å². The van der Waals surface area contributed by atoms with Crippen LogP contribution in [0.15, 0.2) is 36.5 Å². The highest BCUT2D eigenvalue weighted by Gasteiger charge is 1.96. The predicted molar refractivity (Wildman–Crippen MR) is 49.6 cm³/mol. The lowest BCUT2D eigenvalue weighted by molar-refractivity contribution is 1.33. The summed E-state index contributed by atoms with van der Waals surface area (Å²) in [4.78, 5) is 4.19. The topological polar surface area (TPSA) is 50.9 Å². The Bertz CT molecular complexity index is 392. The van der Waals surface area contributed by atoms with Crippen LogP contribution >= 0.6 is 0 Å². The number of fused-ring (bicyclic) bond motifs is 1. The third-order valence-electron chi connectivity index (χ3n) is 1.80. The van der Waals surface area contributed by atoms with Crippen molar-refractivity contribution in [1.29, 1.82) is 0 Å². The fourth-order valence-electron chi connectivity index (χ4n) is 1.22. The van der Waals surface area contributed by atoms with E-state index >= 15 is 0 Å². The van der Waals surface area contributed by atoms with Gasteiger partial charge in [0.05, 0.1) is 11.2 Å². The van der Waals surface area contributed by atoms with Crippen LogP contribution in [0.3, 0.4) is 0 Å². The zero-order valence-electron chi connectivity index (χ0n) is 6.49. The maximum absolute atomic E-state index is 5.34. The molecule has 12 heavy (non-hydrogen) atoms. The van der Waals surface area contributed by atoms with Crippen molar-refractivity contribution in [3.63, 3.8) is 0 Å². The van der Waals surface area contributed by atoms with Crippen molar-refractivity contribution in [3.8, 4) is 0 Å². The molecule has 0 aliphatic heterocycles. The van der Waals surface area contributed by atoms with E-state index in [1.54, 1.807) is 6.20 Å². The lowest BCUT2D eigenvalue weighted by atomic mass is 10.2. The largest absolute Gasteiger partial charge is 0.323 e. The Hall–Kier alpha value is -1.61. The number of para-hydroxylation sites is 1. The second kappa shape index (κ2) is 2.79. The Morgan fingerprint density at radius 1 is 1.17 bits per heavy atom. The number of rotatable bonds is 1. The zero-order valence-corrected chi connectivity index (χ0v) is 6.49. The first kappa shape index (κ1) is 7.06. The fourth-order valence-corrected chi connectivity index (χ4v) is 1.22. The van der Waals surface area contributed by atoms with Gasteiger partial charge in [0.2, 0.25) is 0 Å². The molecule has 1 aromatic carbocycles. The van der Waals surface area contributed by atoms with Gasteiger partial charge >= 0.3 is 0 Å². The number of hydrogen-bond donors (Lipinski definition) is 2. The van der Waals surface area contributed by atoms with Crippen LogP contribution < -0.4 is 11.3 Å². The predicted octanol–water partition coefficient (Wildman–Crippen LogP) is 1.52. The maximum Gasteiger partial charge on any atom is 0.0723 e. The second-order valence-electron chi connectivity index (χ2n) is 2.52. The van der Waals surface area contributed by atoms with Gasteiger partial charge in [-0.1, -0.05) is 18.2 Å². The molecule has 0 fully saturated rings. The van der Waals surface area contributed by atoms with Gasteiger partial charge in [0.15, 0.2) is 0 Å². The van der Waals surface area contributed by atoms with Crippen LogP contribution in [0.25, 0.3) is 10.9 Å². The molecule has 3 nitrogen and oxygen atoms in total. The summed E-state index contributed by atoms with van der Waals surface area (Å²) in [6, 6.07) is 9.70. The van der Waals surface area contributed by atoms with Gasteiger partial charge in [0.25, 0.3) is 0 Å². The van der Waals surface area contributed by atoms with Crippen LogP contribution in [0.5, 0.6) is 0 Å². The molecule has 0 amide bonds. The molecule has 0 bridgehead atoms. The number of aromatic nitrogens is 1. The van der Waals surface area contributed by atoms with E-state index in [-0.39, 0.29) is 0 Å². The minimum atomic E-state index is 0.903. The van der Waals surface area contributed by atoms with E-state index in [4.69, 9.17) is 5.84 Å². The van der Waals surface area contributed by atoms with Crippen molar-refractivity contribution in [2.24, 2.45) is 5.84 Å². The van der Waals surface area contributed by atoms with E-state index < -0.39 is 0 Å². The molecule has 60 valence electrons. The summed E-state index contributed by atoms with van der Waals surface area (Å²) in [6.07, 6.45) is 1.73. The molecule has 0 saturated heterocycles. The molecular weight excluding hydrogens is 150 g/mol. The first-order valence-corrected chi connectivity index (χ1v) is 3.72. The highest BCUT2D eigenvalue weighted by molar-refractivity contribution is 5.90. The van der Waals surface area contributed by atoms with Crippen molar-refractivity contribution < 1.29 is 0 Å². The monoisotopic (exact) mass is 159 g/mol. The summed E-state index contributed by atoms with van der Waals surface area (Å²) in [5.41, 5.74) is 4.49. The minimum absolute atomic E-state index is 0.903. The summed E-state index contributed by atoms with van der Waals surface area (Å²) in [5, 5.41) is 1.04. The standard InChI is InChI=1S/C9H9N3/c10-12-9-5-6-11-8-4-2-1-3-7(8)9/h1-6H,10H2,(H,11,12). The SMILES string of the molecule is NNc1ccnc2ccccc12. The third kappa shape index (κ3) is 1.00. The smallest absolute Gasteiger partial charge is 0.0723 e. The number of nitrogens with zero attached hydrogens (tertiary/aromatic N) is 1. The van der Waals surface area contributed by atoms with E-state index in [0.717, 1.165) is 16.6 Å². The normalized spacial score (nSPS) is 10.1. The summed E-state index contributed by atoms with van der Waals surface area (Å²) < 4.78 is 0. The summed E-state index contributed by atoms with van der Waals surface area (Å²) >= 11 is 0. The minimum Gasteiger partial charge on any atom is -0.323 e. The fraction of sp³-hybridized carbons (Fsp3) is 0. The number of pyridine rings is 1. The molecule has 3 heteroatoms. The molecule has 2 aromatic rings. The molecular formula is C9H9N3. The van der Waals surface area contributed by atoms with Crippen molar-refractivity contribution in [3.05, 3.63) is 36.5 Å². The van der Waals surface area contributed by atoms with Gasteiger partial charge < -0.3 is 5.43 Å². The Labute approximate surface area is 70.2 Å². The molecule has 2 rings (SSSR count). The lowest BCUT2D eigenvalue weighted by Crippen LogP contribution is -2.07. The van der Waals surface area contributed by atoms with Gasteiger partial charge in [0.1, 0.15) is 0 Å². The van der Waals surface area contributed by atoms with Crippen LogP contribution in [-0.2, 0) is 0 Å². The number of nitrogen functional groups attached to an aromatic ring is 1. The molecule has 0 atom stereocenters. The lowest BCUT2D eigenvalue weighted by Gasteiger charge is -2.02. The average Bonchev–Trinajstić information content (AvgIpc) is 2.17. The number of benzene rings is 1. The maximum atomic E-state index is 5.34. The molecule has 0 aliphatic rings.